The number of hydrazine groups is 1. The highest BCUT2D eigenvalue weighted by Crippen LogP contribution is 2.23. The van der Waals surface area contributed by atoms with Gasteiger partial charge in [0.05, 0.1) is 11.9 Å². The second kappa shape index (κ2) is 4.52. The number of nitrogens with two attached hydrogens (primary N) is 1. The Labute approximate surface area is 94.8 Å². The zero-order valence-electron chi connectivity index (χ0n) is 7.72. The fraction of sp³-hybridized carbons (Fsp3) is 0.111. The van der Waals surface area contributed by atoms with Gasteiger partial charge in [0.1, 0.15) is 11.8 Å². The van der Waals surface area contributed by atoms with Gasteiger partial charge in [0, 0.05) is 12.4 Å². The van der Waals surface area contributed by atoms with Gasteiger partial charge in [0.2, 0.25) is 0 Å². The van der Waals surface area contributed by atoms with E-state index >= 15 is 0 Å². The molecule has 78 valence electrons. The maximum absolute atomic E-state index is 5.45. The average Bonchev–Trinajstić information content (AvgIpc) is 2.68. The molecule has 0 bridgehead atoms. The number of rotatable bonds is 3. The fourth-order valence-electron chi connectivity index (χ4n) is 1.26. The molecule has 2 heterocycles. The Morgan fingerprint density at radius 3 is 2.80 bits per heavy atom. The third-order valence-corrected chi connectivity index (χ3v) is 2.35. The van der Waals surface area contributed by atoms with Crippen LogP contribution in [0.2, 0.25) is 0 Å². The van der Waals surface area contributed by atoms with Gasteiger partial charge in [0.25, 0.3) is 0 Å². The predicted octanol–water partition coefficient (Wildman–Crippen LogP) is 1.38. The lowest BCUT2D eigenvalue weighted by Gasteiger charge is -2.11. The standard InChI is InChI=1S/C9H9BrN4O/c10-8-2-1-7(15-8)9(14-11)6-5-12-3-4-13-6/h1-5,9,14H,11H2. The molecule has 0 aliphatic heterocycles. The quantitative estimate of drug-likeness (QED) is 0.650. The van der Waals surface area contributed by atoms with Gasteiger partial charge in [-0.15, -0.1) is 0 Å². The molecule has 1 atom stereocenters. The first-order valence-corrected chi connectivity index (χ1v) is 5.08. The number of hydrogen-bond donors (Lipinski definition) is 2. The van der Waals surface area contributed by atoms with Crippen LogP contribution in [0.1, 0.15) is 17.5 Å². The molecule has 0 fully saturated rings. The molecule has 15 heavy (non-hydrogen) atoms. The van der Waals surface area contributed by atoms with E-state index in [1.807, 2.05) is 6.07 Å². The summed E-state index contributed by atoms with van der Waals surface area (Å²) in [4.78, 5) is 8.13. The van der Waals surface area contributed by atoms with Crippen molar-refractivity contribution in [3.8, 4) is 0 Å². The third-order valence-electron chi connectivity index (χ3n) is 1.92. The molecule has 0 saturated carbocycles. The summed E-state index contributed by atoms with van der Waals surface area (Å²) in [6, 6.07) is 3.34. The summed E-state index contributed by atoms with van der Waals surface area (Å²) in [6.07, 6.45) is 4.85. The van der Waals surface area contributed by atoms with Crippen LogP contribution >= 0.6 is 15.9 Å². The van der Waals surface area contributed by atoms with Gasteiger partial charge in [-0.3, -0.25) is 15.8 Å². The maximum Gasteiger partial charge on any atom is 0.169 e. The van der Waals surface area contributed by atoms with Crippen LogP contribution < -0.4 is 11.3 Å². The molecule has 0 aliphatic rings. The van der Waals surface area contributed by atoms with E-state index in [-0.39, 0.29) is 6.04 Å². The van der Waals surface area contributed by atoms with Gasteiger partial charge in [0.15, 0.2) is 4.67 Å². The summed E-state index contributed by atoms with van der Waals surface area (Å²) >= 11 is 3.23. The molecule has 0 saturated heterocycles. The second-order valence-electron chi connectivity index (χ2n) is 2.87. The number of hydrogen-bond acceptors (Lipinski definition) is 5. The van der Waals surface area contributed by atoms with Crippen molar-refractivity contribution in [3.63, 3.8) is 0 Å². The number of halogens is 1. The SMILES string of the molecule is NNC(c1cnccn1)c1ccc(Br)o1. The molecule has 0 amide bonds. The van der Waals surface area contributed by atoms with Crippen LogP contribution in [0, 0.1) is 0 Å². The lowest BCUT2D eigenvalue weighted by atomic mass is 10.2. The van der Waals surface area contributed by atoms with Crippen molar-refractivity contribution in [2.24, 2.45) is 5.84 Å². The van der Waals surface area contributed by atoms with Crippen LogP contribution in [-0.2, 0) is 0 Å². The summed E-state index contributed by atoms with van der Waals surface area (Å²) in [5, 5.41) is 0. The van der Waals surface area contributed by atoms with E-state index in [0.29, 0.717) is 16.1 Å². The van der Waals surface area contributed by atoms with Gasteiger partial charge < -0.3 is 4.42 Å². The topological polar surface area (TPSA) is 77.0 Å². The van der Waals surface area contributed by atoms with E-state index in [1.165, 1.54) is 0 Å². The molecule has 2 aromatic heterocycles. The first kappa shape index (κ1) is 10.3. The van der Waals surface area contributed by atoms with Crippen LogP contribution in [0.25, 0.3) is 0 Å². The summed E-state index contributed by atoms with van der Waals surface area (Å²) in [7, 11) is 0. The first-order chi connectivity index (χ1) is 7.31. The Balaban J connectivity index is 2.33. The number of furan rings is 1. The van der Waals surface area contributed by atoms with E-state index in [4.69, 9.17) is 10.3 Å². The number of aromatic nitrogens is 2. The molecular formula is C9H9BrN4O. The van der Waals surface area contributed by atoms with E-state index < -0.39 is 0 Å². The van der Waals surface area contributed by atoms with Gasteiger partial charge >= 0.3 is 0 Å². The minimum absolute atomic E-state index is 0.287. The lowest BCUT2D eigenvalue weighted by Crippen LogP contribution is -2.29. The fourth-order valence-corrected chi connectivity index (χ4v) is 1.58. The molecular weight excluding hydrogens is 260 g/mol. The van der Waals surface area contributed by atoms with Crippen molar-refractivity contribution in [2.75, 3.05) is 0 Å². The summed E-state index contributed by atoms with van der Waals surface area (Å²) in [5.74, 6) is 6.14. The first-order valence-electron chi connectivity index (χ1n) is 4.28. The third kappa shape index (κ3) is 2.23. The van der Waals surface area contributed by atoms with Gasteiger partial charge in [-0.1, -0.05) is 0 Å². The van der Waals surface area contributed by atoms with Crippen LogP contribution in [0.5, 0.6) is 0 Å². The van der Waals surface area contributed by atoms with Gasteiger partial charge in [-0.25, -0.2) is 5.43 Å². The molecule has 0 aliphatic carbocycles. The Morgan fingerprint density at radius 1 is 1.40 bits per heavy atom. The van der Waals surface area contributed by atoms with E-state index in [2.05, 4.69) is 31.3 Å². The van der Waals surface area contributed by atoms with Crippen LogP contribution in [-0.4, -0.2) is 9.97 Å². The molecule has 6 heteroatoms. The normalized spacial score (nSPS) is 12.7. The number of nitrogens with zero attached hydrogens (tertiary/aromatic N) is 2. The lowest BCUT2D eigenvalue weighted by molar-refractivity contribution is 0.432. The average molecular weight is 269 g/mol. The zero-order valence-corrected chi connectivity index (χ0v) is 9.31. The molecule has 2 rings (SSSR count). The Morgan fingerprint density at radius 2 is 2.27 bits per heavy atom. The van der Waals surface area contributed by atoms with Gasteiger partial charge in [-0.2, -0.15) is 0 Å². The van der Waals surface area contributed by atoms with Crippen molar-refractivity contribution < 1.29 is 4.42 Å². The minimum Gasteiger partial charge on any atom is -0.452 e. The summed E-state index contributed by atoms with van der Waals surface area (Å²) < 4.78 is 6.05. The highest BCUT2D eigenvalue weighted by Gasteiger charge is 2.17. The van der Waals surface area contributed by atoms with Crippen LogP contribution in [0.3, 0.4) is 0 Å². The maximum atomic E-state index is 5.45. The number of nitrogens with one attached hydrogen (secondary N) is 1. The van der Waals surface area contributed by atoms with E-state index in [9.17, 15) is 0 Å². The van der Waals surface area contributed by atoms with Gasteiger partial charge in [-0.05, 0) is 28.1 Å². The highest BCUT2D eigenvalue weighted by atomic mass is 79.9. The molecule has 2 aromatic rings. The van der Waals surface area contributed by atoms with Crippen LogP contribution in [0.15, 0.2) is 39.8 Å². The minimum atomic E-state index is -0.287. The second-order valence-corrected chi connectivity index (χ2v) is 3.65. The largest absolute Gasteiger partial charge is 0.452 e. The molecule has 5 nitrogen and oxygen atoms in total. The molecule has 0 radical (unpaired) electrons. The van der Waals surface area contributed by atoms with Crippen molar-refractivity contribution in [3.05, 3.63) is 46.8 Å². The monoisotopic (exact) mass is 268 g/mol. The van der Waals surface area contributed by atoms with Crippen molar-refractivity contribution in [1.82, 2.24) is 15.4 Å². The molecule has 0 spiro atoms. The van der Waals surface area contributed by atoms with Crippen molar-refractivity contribution >= 4 is 15.9 Å². The van der Waals surface area contributed by atoms with E-state index in [0.717, 1.165) is 0 Å². The van der Waals surface area contributed by atoms with E-state index in [1.54, 1.807) is 24.7 Å². The Hall–Kier alpha value is -1.24. The Bertz CT molecular complexity index is 431. The van der Waals surface area contributed by atoms with Crippen LogP contribution in [0.4, 0.5) is 0 Å². The smallest absolute Gasteiger partial charge is 0.169 e. The summed E-state index contributed by atoms with van der Waals surface area (Å²) in [6.45, 7) is 0. The molecule has 0 aromatic carbocycles. The molecule has 1 unspecified atom stereocenters. The van der Waals surface area contributed by atoms with Crippen molar-refractivity contribution in [2.45, 2.75) is 6.04 Å². The summed E-state index contributed by atoms with van der Waals surface area (Å²) in [5.41, 5.74) is 3.34. The van der Waals surface area contributed by atoms with Crippen molar-refractivity contribution in [1.29, 1.82) is 0 Å². The highest BCUT2D eigenvalue weighted by molar-refractivity contribution is 9.10. The molecule has 3 N–H and O–H groups in total. The predicted molar refractivity (Wildman–Crippen MR) is 57.6 cm³/mol. The zero-order chi connectivity index (χ0) is 10.7. The Kier molecular flexibility index (Phi) is 3.10.